The lowest BCUT2D eigenvalue weighted by Crippen LogP contribution is -2.27. The molecule has 0 saturated heterocycles. The van der Waals surface area contributed by atoms with Gasteiger partial charge < -0.3 is 10.3 Å². The summed E-state index contributed by atoms with van der Waals surface area (Å²) in [6.45, 7) is 0.725. The third kappa shape index (κ3) is 3.46. The number of anilines is 1. The Balaban J connectivity index is 2.07. The summed E-state index contributed by atoms with van der Waals surface area (Å²) in [7, 11) is -3.66. The lowest BCUT2D eigenvalue weighted by molar-refractivity contribution is 0.573. The van der Waals surface area contributed by atoms with Crippen molar-refractivity contribution in [3.63, 3.8) is 0 Å². The van der Waals surface area contributed by atoms with E-state index in [0.717, 1.165) is 0 Å². The molecule has 6 nitrogen and oxygen atoms in total. The first-order valence-electron chi connectivity index (χ1n) is 5.49. The van der Waals surface area contributed by atoms with Gasteiger partial charge in [-0.3, -0.25) is 0 Å². The zero-order chi connectivity index (χ0) is 13.9. The molecule has 3 N–H and O–H groups in total. The number of rotatable bonds is 5. The first-order valence-corrected chi connectivity index (χ1v) is 7.35. The summed E-state index contributed by atoms with van der Waals surface area (Å²) < 4.78 is 28.3. The first-order chi connectivity index (χ1) is 8.99. The van der Waals surface area contributed by atoms with E-state index in [2.05, 4.69) is 9.71 Å². The van der Waals surface area contributed by atoms with Crippen molar-refractivity contribution in [2.45, 2.75) is 11.4 Å². The quantitative estimate of drug-likeness (QED) is 0.809. The number of nitrogens with zero attached hydrogens (tertiary/aromatic N) is 2. The van der Waals surface area contributed by atoms with E-state index in [0.29, 0.717) is 12.2 Å². The molecule has 0 fully saturated rings. The molecule has 1 heterocycles. The maximum Gasteiger partial charge on any atom is 0.242 e. The molecule has 0 bridgehead atoms. The van der Waals surface area contributed by atoms with Gasteiger partial charge in [0.1, 0.15) is 4.90 Å². The van der Waals surface area contributed by atoms with Gasteiger partial charge in [-0.25, -0.2) is 18.1 Å². The summed E-state index contributed by atoms with van der Waals surface area (Å²) in [4.78, 5) is 3.86. The van der Waals surface area contributed by atoms with Crippen molar-refractivity contribution in [2.75, 3.05) is 12.3 Å². The highest BCUT2D eigenvalue weighted by molar-refractivity contribution is 7.89. The van der Waals surface area contributed by atoms with Gasteiger partial charge >= 0.3 is 0 Å². The molecule has 0 saturated carbocycles. The van der Waals surface area contributed by atoms with Crippen LogP contribution in [-0.4, -0.2) is 24.5 Å². The number of nitrogen functional groups attached to an aromatic ring is 1. The minimum Gasteiger partial charge on any atom is -0.399 e. The van der Waals surface area contributed by atoms with Crippen LogP contribution in [0.25, 0.3) is 0 Å². The summed E-state index contributed by atoms with van der Waals surface area (Å²) in [5, 5.41) is 0.143. The van der Waals surface area contributed by atoms with Gasteiger partial charge in [0.05, 0.1) is 11.3 Å². The molecule has 1 aromatic carbocycles. The van der Waals surface area contributed by atoms with E-state index < -0.39 is 10.0 Å². The second-order valence-corrected chi connectivity index (χ2v) is 6.03. The van der Waals surface area contributed by atoms with Gasteiger partial charge in [-0.05, 0) is 18.2 Å². The predicted molar refractivity (Wildman–Crippen MR) is 73.3 cm³/mol. The largest absolute Gasteiger partial charge is 0.399 e. The van der Waals surface area contributed by atoms with Gasteiger partial charge in [0.25, 0.3) is 0 Å². The van der Waals surface area contributed by atoms with Gasteiger partial charge in [-0.1, -0.05) is 11.6 Å². The average molecular weight is 301 g/mol. The van der Waals surface area contributed by atoms with E-state index in [1.165, 1.54) is 12.1 Å². The Hall–Kier alpha value is -1.57. The molecule has 0 radical (unpaired) electrons. The summed E-state index contributed by atoms with van der Waals surface area (Å²) in [6.07, 6.45) is 4.99. The topological polar surface area (TPSA) is 90.0 Å². The lowest BCUT2D eigenvalue weighted by Gasteiger charge is -2.09. The SMILES string of the molecule is Nc1ccc(Cl)c(S(=O)(=O)NCCn2ccnc2)c1. The number of benzene rings is 1. The Labute approximate surface area is 116 Å². The third-order valence-electron chi connectivity index (χ3n) is 2.47. The van der Waals surface area contributed by atoms with E-state index in [9.17, 15) is 8.42 Å². The third-order valence-corrected chi connectivity index (χ3v) is 4.41. The van der Waals surface area contributed by atoms with Gasteiger partial charge in [-0.15, -0.1) is 0 Å². The van der Waals surface area contributed by atoms with Gasteiger partial charge in [0.2, 0.25) is 10.0 Å². The van der Waals surface area contributed by atoms with Crippen LogP contribution in [0, 0.1) is 0 Å². The van der Waals surface area contributed by atoms with Crippen LogP contribution in [-0.2, 0) is 16.6 Å². The molecular weight excluding hydrogens is 288 g/mol. The van der Waals surface area contributed by atoms with Crippen LogP contribution < -0.4 is 10.5 Å². The molecule has 102 valence electrons. The van der Waals surface area contributed by atoms with Crippen molar-refractivity contribution in [1.82, 2.24) is 14.3 Å². The van der Waals surface area contributed by atoms with Crippen molar-refractivity contribution in [3.8, 4) is 0 Å². The fourth-order valence-electron chi connectivity index (χ4n) is 1.53. The Morgan fingerprint density at radius 3 is 2.89 bits per heavy atom. The number of halogens is 1. The van der Waals surface area contributed by atoms with Crippen LogP contribution in [0.2, 0.25) is 5.02 Å². The molecular formula is C11H13ClN4O2S. The smallest absolute Gasteiger partial charge is 0.242 e. The Bertz CT molecular complexity index is 655. The van der Waals surface area contributed by atoms with Gasteiger partial charge in [0, 0.05) is 31.2 Å². The summed E-state index contributed by atoms with van der Waals surface area (Å²) in [6, 6.07) is 4.34. The molecule has 2 aromatic rings. The number of hydrogen-bond donors (Lipinski definition) is 2. The molecule has 0 aliphatic heterocycles. The number of nitrogens with one attached hydrogen (secondary N) is 1. The molecule has 0 amide bonds. The van der Waals surface area contributed by atoms with Crippen LogP contribution in [0.4, 0.5) is 5.69 Å². The van der Waals surface area contributed by atoms with E-state index in [1.54, 1.807) is 29.4 Å². The van der Waals surface area contributed by atoms with E-state index >= 15 is 0 Å². The maximum absolute atomic E-state index is 12.1. The fraction of sp³-hybridized carbons (Fsp3) is 0.182. The van der Waals surface area contributed by atoms with E-state index in [4.69, 9.17) is 17.3 Å². The van der Waals surface area contributed by atoms with Crippen LogP contribution in [0.3, 0.4) is 0 Å². The second kappa shape index (κ2) is 5.60. The summed E-state index contributed by atoms with van der Waals surface area (Å²) >= 11 is 5.87. The normalized spacial score (nSPS) is 11.6. The standard InChI is InChI=1S/C11H13ClN4O2S/c12-10-2-1-9(13)7-11(10)19(17,18)15-4-6-16-5-3-14-8-16/h1-3,5,7-8,15H,4,6,13H2. The number of aromatic nitrogens is 2. The molecule has 0 unspecified atom stereocenters. The summed E-state index contributed by atoms with van der Waals surface area (Å²) in [5.74, 6) is 0. The zero-order valence-corrected chi connectivity index (χ0v) is 11.5. The monoisotopic (exact) mass is 300 g/mol. The van der Waals surface area contributed by atoms with E-state index in [1.807, 2.05) is 0 Å². The number of sulfonamides is 1. The molecule has 0 aliphatic carbocycles. The number of hydrogen-bond acceptors (Lipinski definition) is 4. The highest BCUT2D eigenvalue weighted by atomic mass is 35.5. The summed E-state index contributed by atoms with van der Waals surface area (Å²) in [5.41, 5.74) is 5.91. The van der Waals surface area contributed by atoms with Crippen molar-refractivity contribution in [3.05, 3.63) is 41.9 Å². The van der Waals surface area contributed by atoms with Gasteiger partial charge in [0.15, 0.2) is 0 Å². The highest BCUT2D eigenvalue weighted by Crippen LogP contribution is 2.23. The lowest BCUT2D eigenvalue weighted by atomic mass is 10.3. The predicted octanol–water partition coefficient (Wildman–Crippen LogP) is 1.10. The molecule has 0 atom stereocenters. The number of imidazole rings is 1. The second-order valence-electron chi connectivity index (χ2n) is 3.89. The average Bonchev–Trinajstić information content (AvgIpc) is 2.85. The van der Waals surface area contributed by atoms with Crippen molar-refractivity contribution >= 4 is 27.3 Å². The van der Waals surface area contributed by atoms with Crippen LogP contribution >= 0.6 is 11.6 Å². The highest BCUT2D eigenvalue weighted by Gasteiger charge is 2.17. The Morgan fingerprint density at radius 2 is 2.21 bits per heavy atom. The maximum atomic E-state index is 12.1. The molecule has 1 aromatic heterocycles. The van der Waals surface area contributed by atoms with Crippen molar-refractivity contribution in [2.24, 2.45) is 0 Å². The van der Waals surface area contributed by atoms with E-state index in [-0.39, 0.29) is 16.5 Å². The minimum atomic E-state index is -3.66. The molecule has 2 rings (SSSR count). The van der Waals surface area contributed by atoms with Crippen molar-refractivity contribution < 1.29 is 8.42 Å². The molecule has 8 heteroatoms. The van der Waals surface area contributed by atoms with Crippen LogP contribution in [0.15, 0.2) is 41.8 Å². The minimum absolute atomic E-state index is 0.0141. The Kier molecular flexibility index (Phi) is 4.08. The van der Waals surface area contributed by atoms with Crippen LogP contribution in [0.5, 0.6) is 0 Å². The molecule has 0 spiro atoms. The zero-order valence-electron chi connectivity index (χ0n) is 9.95. The number of nitrogens with two attached hydrogens (primary N) is 1. The first kappa shape index (κ1) is 13.9. The Morgan fingerprint density at radius 1 is 1.42 bits per heavy atom. The van der Waals surface area contributed by atoms with Crippen molar-refractivity contribution in [1.29, 1.82) is 0 Å². The molecule has 19 heavy (non-hydrogen) atoms. The fourth-order valence-corrected chi connectivity index (χ4v) is 3.09. The van der Waals surface area contributed by atoms with Crippen LogP contribution in [0.1, 0.15) is 0 Å². The van der Waals surface area contributed by atoms with Gasteiger partial charge in [-0.2, -0.15) is 0 Å². The molecule has 0 aliphatic rings.